The molecule has 5 N–H and O–H groups in total. The van der Waals surface area contributed by atoms with E-state index in [1.165, 1.54) is 6.07 Å². The summed E-state index contributed by atoms with van der Waals surface area (Å²) in [5, 5.41) is 42.3. The highest BCUT2D eigenvalue weighted by atomic mass is 16.6. The molecule has 3 rings (SSSR count). The number of anilines is 1. The van der Waals surface area contributed by atoms with Gasteiger partial charge in [0.25, 0.3) is 0 Å². The molecule has 5 atom stereocenters. The second-order valence-electron chi connectivity index (χ2n) is 5.75. The van der Waals surface area contributed by atoms with E-state index in [4.69, 9.17) is 14.3 Å². The van der Waals surface area contributed by atoms with Crippen molar-refractivity contribution in [2.45, 2.75) is 30.6 Å². The van der Waals surface area contributed by atoms with Gasteiger partial charge in [0.15, 0.2) is 12.6 Å². The van der Waals surface area contributed by atoms with Crippen LogP contribution in [0.4, 0.5) is 5.69 Å². The van der Waals surface area contributed by atoms with E-state index < -0.39 is 42.9 Å². The van der Waals surface area contributed by atoms with E-state index in [1.54, 1.807) is 12.1 Å². The monoisotopic (exact) mass is 351 g/mol. The van der Waals surface area contributed by atoms with Gasteiger partial charge in [-0.15, -0.1) is 0 Å². The van der Waals surface area contributed by atoms with Crippen molar-refractivity contribution in [3.8, 4) is 0 Å². The highest BCUT2D eigenvalue weighted by Gasteiger charge is 2.43. The van der Waals surface area contributed by atoms with Crippen molar-refractivity contribution in [2.75, 3.05) is 11.9 Å². The number of carbonyl (C=O) groups is 1. The van der Waals surface area contributed by atoms with Crippen LogP contribution in [0.15, 0.2) is 33.5 Å². The van der Waals surface area contributed by atoms with Gasteiger partial charge < -0.3 is 34.9 Å². The fourth-order valence-corrected chi connectivity index (χ4v) is 2.82. The summed E-state index contributed by atoms with van der Waals surface area (Å²) in [4.78, 5) is 22.5. The summed E-state index contributed by atoms with van der Waals surface area (Å²) < 4.78 is 10.1. The van der Waals surface area contributed by atoms with Crippen LogP contribution in [-0.4, -0.2) is 64.0 Å². The highest BCUT2D eigenvalue weighted by Crippen LogP contribution is 2.25. The van der Waals surface area contributed by atoms with Gasteiger partial charge in [0, 0.05) is 28.8 Å². The minimum absolute atomic E-state index is 0.147. The standard InChI is InChI=1S/C16H17NO8/c18-5-7-3-12(20)24-10-4-8(1-2-9(7)10)17-13-15(22)14(21)11(6-19)25-16(13)23/h1-5,11,13-17,19,21-23H,6H2/t11?,13?,14-,15-,16-/m0/s1. The first-order valence-corrected chi connectivity index (χ1v) is 7.54. The summed E-state index contributed by atoms with van der Waals surface area (Å²) in [5.41, 5.74) is 0.00301. The fraction of sp³-hybridized carbons (Fsp3) is 0.375. The van der Waals surface area contributed by atoms with E-state index in [9.17, 15) is 24.9 Å². The van der Waals surface area contributed by atoms with Gasteiger partial charge in [-0.05, 0) is 12.1 Å². The number of benzene rings is 1. The summed E-state index contributed by atoms with van der Waals surface area (Å²) in [6.07, 6.45) is -4.86. The molecule has 2 unspecified atom stereocenters. The summed E-state index contributed by atoms with van der Waals surface area (Å²) in [6.45, 7) is -0.558. The van der Waals surface area contributed by atoms with Gasteiger partial charge >= 0.3 is 5.63 Å². The van der Waals surface area contributed by atoms with Gasteiger partial charge in [-0.25, -0.2) is 4.79 Å². The summed E-state index contributed by atoms with van der Waals surface area (Å²) in [7, 11) is 0. The second kappa shape index (κ2) is 6.90. The minimum atomic E-state index is -1.49. The van der Waals surface area contributed by atoms with Crippen LogP contribution < -0.4 is 10.9 Å². The van der Waals surface area contributed by atoms with Crippen LogP contribution in [0.5, 0.6) is 0 Å². The Kier molecular flexibility index (Phi) is 4.84. The van der Waals surface area contributed by atoms with Gasteiger partial charge in [-0.1, -0.05) is 0 Å². The van der Waals surface area contributed by atoms with Gasteiger partial charge in [0.05, 0.1) is 6.61 Å². The molecule has 2 aromatic rings. The lowest BCUT2D eigenvalue weighted by Crippen LogP contribution is -2.61. The van der Waals surface area contributed by atoms with Crippen molar-refractivity contribution >= 4 is 22.9 Å². The molecule has 1 aromatic heterocycles. The van der Waals surface area contributed by atoms with Gasteiger partial charge in [0.1, 0.15) is 29.9 Å². The number of nitrogens with one attached hydrogen (secondary N) is 1. The Balaban J connectivity index is 1.90. The van der Waals surface area contributed by atoms with Crippen molar-refractivity contribution in [1.82, 2.24) is 0 Å². The summed E-state index contributed by atoms with van der Waals surface area (Å²) in [6, 6.07) is 4.51. The molecule has 0 bridgehead atoms. The average Bonchev–Trinajstić information content (AvgIpc) is 2.60. The number of ether oxygens (including phenoxy) is 1. The Morgan fingerprint density at radius 1 is 1.16 bits per heavy atom. The zero-order valence-corrected chi connectivity index (χ0v) is 12.9. The van der Waals surface area contributed by atoms with Crippen molar-refractivity contribution in [1.29, 1.82) is 0 Å². The predicted octanol–water partition coefficient (Wildman–Crippen LogP) is -1.18. The SMILES string of the molecule is O=Cc1cc(=O)oc2cc(NC3[C@@H](O)OC(CO)[C@H](O)[C@H]3O)ccc12. The molecule has 0 aliphatic carbocycles. The zero-order chi connectivity index (χ0) is 18.1. The van der Waals surface area contributed by atoms with Crippen LogP contribution >= 0.6 is 0 Å². The van der Waals surface area contributed by atoms with E-state index in [0.29, 0.717) is 17.4 Å². The molecular formula is C16H17NO8. The Morgan fingerprint density at radius 3 is 2.60 bits per heavy atom. The number of aldehydes is 1. The van der Waals surface area contributed by atoms with E-state index in [2.05, 4.69) is 5.32 Å². The molecule has 0 saturated carbocycles. The average molecular weight is 351 g/mol. The third kappa shape index (κ3) is 3.28. The molecule has 1 aliphatic heterocycles. The van der Waals surface area contributed by atoms with Crippen molar-refractivity contribution in [3.05, 3.63) is 40.2 Å². The first-order valence-electron chi connectivity index (χ1n) is 7.54. The molecule has 2 heterocycles. The molecule has 1 aliphatic rings. The molecule has 1 aromatic carbocycles. The Labute approximate surface area is 141 Å². The number of fused-ring (bicyclic) bond motifs is 1. The van der Waals surface area contributed by atoms with Gasteiger partial charge in [0.2, 0.25) is 0 Å². The van der Waals surface area contributed by atoms with Crippen molar-refractivity contribution in [3.63, 3.8) is 0 Å². The Bertz CT molecular complexity index is 834. The maximum Gasteiger partial charge on any atom is 0.336 e. The molecule has 0 spiro atoms. The number of rotatable bonds is 4. The largest absolute Gasteiger partial charge is 0.423 e. The van der Waals surface area contributed by atoms with E-state index in [-0.39, 0.29) is 11.1 Å². The normalized spacial score (nSPS) is 29.5. The lowest BCUT2D eigenvalue weighted by atomic mass is 9.96. The maximum atomic E-state index is 11.5. The number of hydrogen-bond acceptors (Lipinski definition) is 9. The molecule has 0 amide bonds. The molecular weight excluding hydrogens is 334 g/mol. The molecule has 1 saturated heterocycles. The van der Waals surface area contributed by atoms with E-state index in [0.717, 1.165) is 6.07 Å². The first-order chi connectivity index (χ1) is 11.9. The minimum Gasteiger partial charge on any atom is -0.423 e. The Hall–Kier alpha value is -2.30. The summed E-state index contributed by atoms with van der Waals surface area (Å²) in [5.74, 6) is 0. The fourth-order valence-electron chi connectivity index (χ4n) is 2.82. The second-order valence-corrected chi connectivity index (χ2v) is 5.75. The lowest BCUT2D eigenvalue weighted by Gasteiger charge is -2.40. The van der Waals surface area contributed by atoms with Gasteiger partial charge in [-0.2, -0.15) is 0 Å². The van der Waals surface area contributed by atoms with E-state index in [1.807, 2.05) is 0 Å². The quantitative estimate of drug-likeness (QED) is 0.339. The van der Waals surface area contributed by atoms with Crippen LogP contribution in [0.3, 0.4) is 0 Å². The number of aliphatic hydroxyl groups excluding tert-OH is 4. The van der Waals surface area contributed by atoms with Crippen molar-refractivity contribution in [2.24, 2.45) is 0 Å². The number of carbonyl (C=O) groups excluding carboxylic acids is 1. The maximum absolute atomic E-state index is 11.5. The molecule has 9 heteroatoms. The van der Waals surface area contributed by atoms with Crippen LogP contribution in [0.2, 0.25) is 0 Å². The molecule has 9 nitrogen and oxygen atoms in total. The smallest absolute Gasteiger partial charge is 0.336 e. The first kappa shape index (κ1) is 17.5. The topological polar surface area (TPSA) is 149 Å². The van der Waals surface area contributed by atoms with Crippen LogP contribution in [0.25, 0.3) is 11.0 Å². The molecule has 1 fully saturated rings. The van der Waals surface area contributed by atoms with Crippen LogP contribution in [0.1, 0.15) is 10.4 Å². The molecule has 25 heavy (non-hydrogen) atoms. The van der Waals surface area contributed by atoms with Crippen molar-refractivity contribution < 1.29 is 34.4 Å². The zero-order valence-electron chi connectivity index (χ0n) is 12.9. The van der Waals surface area contributed by atoms with Gasteiger partial charge in [-0.3, -0.25) is 4.79 Å². The third-order valence-electron chi connectivity index (χ3n) is 4.14. The molecule has 134 valence electrons. The summed E-state index contributed by atoms with van der Waals surface area (Å²) >= 11 is 0. The Morgan fingerprint density at radius 2 is 1.92 bits per heavy atom. The van der Waals surface area contributed by atoms with Crippen LogP contribution in [0, 0.1) is 0 Å². The van der Waals surface area contributed by atoms with E-state index >= 15 is 0 Å². The molecule has 0 radical (unpaired) electrons. The third-order valence-corrected chi connectivity index (χ3v) is 4.14. The number of aliphatic hydroxyl groups is 4. The number of hydrogen-bond donors (Lipinski definition) is 5. The lowest BCUT2D eigenvalue weighted by molar-refractivity contribution is -0.245. The highest BCUT2D eigenvalue weighted by molar-refractivity contribution is 5.96. The predicted molar refractivity (Wildman–Crippen MR) is 85.3 cm³/mol. The van der Waals surface area contributed by atoms with Crippen LogP contribution in [-0.2, 0) is 4.74 Å².